The molecule has 2 rings (SSSR count). The van der Waals surface area contributed by atoms with Crippen molar-refractivity contribution in [3.8, 4) is 5.75 Å². The van der Waals surface area contributed by atoms with Crippen molar-refractivity contribution in [1.29, 1.82) is 0 Å². The molecule has 0 aliphatic rings. The van der Waals surface area contributed by atoms with E-state index >= 15 is 0 Å². The molecule has 0 aliphatic heterocycles. The van der Waals surface area contributed by atoms with E-state index in [0.29, 0.717) is 5.92 Å². The van der Waals surface area contributed by atoms with Crippen LogP contribution in [0.15, 0.2) is 59.7 Å². The van der Waals surface area contributed by atoms with Crippen LogP contribution in [-0.4, -0.2) is 18.2 Å². The van der Waals surface area contributed by atoms with Crippen molar-refractivity contribution >= 4 is 11.6 Å². The van der Waals surface area contributed by atoms with Crippen molar-refractivity contribution in [1.82, 2.24) is 5.43 Å². The van der Waals surface area contributed by atoms with E-state index in [2.05, 4.69) is 31.3 Å². The largest absolute Gasteiger partial charge is 0.483 e. The highest BCUT2D eigenvalue weighted by Crippen LogP contribution is 2.25. The Labute approximate surface area is 149 Å². The number of carbonyl (C=O) groups excluding carboxylic acids is 1. The van der Waals surface area contributed by atoms with Crippen LogP contribution in [0, 0.1) is 0 Å². The van der Waals surface area contributed by atoms with Crippen molar-refractivity contribution < 1.29 is 9.53 Å². The summed E-state index contributed by atoms with van der Waals surface area (Å²) in [5.41, 5.74) is 5.60. The third-order valence-corrected chi connectivity index (χ3v) is 3.81. The monoisotopic (exact) mass is 338 g/mol. The van der Waals surface area contributed by atoms with Gasteiger partial charge in [-0.25, -0.2) is 5.43 Å². The van der Waals surface area contributed by atoms with Crippen LogP contribution < -0.4 is 10.2 Å². The lowest BCUT2D eigenvalue weighted by molar-refractivity contribution is -0.123. The van der Waals surface area contributed by atoms with Crippen molar-refractivity contribution in [3.63, 3.8) is 0 Å². The van der Waals surface area contributed by atoms with Gasteiger partial charge in [-0.2, -0.15) is 5.10 Å². The summed E-state index contributed by atoms with van der Waals surface area (Å²) in [6.07, 6.45) is 1.77. The fourth-order valence-electron chi connectivity index (χ4n) is 2.53. The molecule has 4 heteroatoms. The minimum atomic E-state index is -0.261. The van der Waals surface area contributed by atoms with Gasteiger partial charge in [-0.05, 0) is 29.5 Å². The predicted octanol–water partition coefficient (Wildman–Crippen LogP) is 4.51. The van der Waals surface area contributed by atoms with E-state index in [0.717, 1.165) is 35.4 Å². The van der Waals surface area contributed by atoms with Crippen molar-refractivity contribution in [2.24, 2.45) is 5.10 Å². The first-order valence-electron chi connectivity index (χ1n) is 8.74. The Hall–Kier alpha value is -2.62. The third kappa shape index (κ3) is 5.75. The summed E-state index contributed by atoms with van der Waals surface area (Å²) in [5, 5.41) is 4.29. The van der Waals surface area contributed by atoms with Crippen LogP contribution in [0.1, 0.15) is 50.7 Å². The summed E-state index contributed by atoms with van der Waals surface area (Å²) >= 11 is 0. The van der Waals surface area contributed by atoms with Gasteiger partial charge in [0.15, 0.2) is 6.61 Å². The Morgan fingerprint density at radius 3 is 2.44 bits per heavy atom. The molecule has 0 aromatic heterocycles. The molecule has 2 aromatic rings. The molecule has 0 bridgehead atoms. The van der Waals surface area contributed by atoms with Gasteiger partial charge < -0.3 is 4.74 Å². The van der Waals surface area contributed by atoms with Gasteiger partial charge in [-0.3, -0.25) is 4.79 Å². The van der Waals surface area contributed by atoms with Crippen LogP contribution in [0.5, 0.6) is 5.75 Å². The molecule has 0 aliphatic carbocycles. The standard InChI is InChI=1S/C21H26N2O2/c1-4-10-19(17-11-6-5-7-12-17)22-23-21(24)15-25-20-14-9-8-13-18(20)16(2)3/h5-9,11-14,16H,4,10,15H2,1-3H3,(H,23,24). The molecule has 0 atom stereocenters. The number of hydrogen-bond donors (Lipinski definition) is 1. The number of nitrogens with zero attached hydrogens (tertiary/aromatic N) is 1. The van der Waals surface area contributed by atoms with Gasteiger partial charge >= 0.3 is 0 Å². The molecular formula is C21H26N2O2. The highest BCUT2D eigenvalue weighted by molar-refractivity contribution is 6.01. The maximum absolute atomic E-state index is 12.1. The summed E-state index contributed by atoms with van der Waals surface area (Å²) in [6, 6.07) is 17.7. The normalized spacial score (nSPS) is 11.4. The van der Waals surface area contributed by atoms with E-state index in [4.69, 9.17) is 4.74 Å². The van der Waals surface area contributed by atoms with Crippen LogP contribution in [0.3, 0.4) is 0 Å². The molecule has 4 nitrogen and oxygen atoms in total. The number of amides is 1. The summed E-state index contributed by atoms with van der Waals surface area (Å²) in [4.78, 5) is 12.1. The number of hydrazone groups is 1. The van der Waals surface area contributed by atoms with Crippen LogP contribution in [0.25, 0.3) is 0 Å². The van der Waals surface area contributed by atoms with Gasteiger partial charge in [-0.15, -0.1) is 0 Å². The molecular weight excluding hydrogens is 312 g/mol. The van der Waals surface area contributed by atoms with Crippen molar-refractivity contribution in [3.05, 3.63) is 65.7 Å². The first kappa shape index (κ1) is 18.7. The molecule has 132 valence electrons. The molecule has 2 aromatic carbocycles. The fraction of sp³-hybridized carbons (Fsp3) is 0.333. The summed E-state index contributed by atoms with van der Waals surface area (Å²) in [7, 11) is 0. The van der Waals surface area contributed by atoms with E-state index in [-0.39, 0.29) is 12.5 Å². The number of hydrogen-bond acceptors (Lipinski definition) is 3. The Morgan fingerprint density at radius 1 is 1.08 bits per heavy atom. The lowest BCUT2D eigenvalue weighted by atomic mass is 10.0. The topological polar surface area (TPSA) is 50.7 Å². The molecule has 25 heavy (non-hydrogen) atoms. The van der Waals surface area contributed by atoms with E-state index in [1.54, 1.807) is 0 Å². The van der Waals surface area contributed by atoms with E-state index < -0.39 is 0 Å². The van der Waals surface area contributed by atoms with E-state index in [9.17, 15) is 4.79 Å². The third-order valence-electron chi connectivity index (χ3n) is 3.81. The number of carbonyl (C=O) groups is 1. The highest BCUT2D eigenvalue weighted by Gasteiger charge is 2.09. The minimum absolute atomic E-state index is 0.0541. The number of rotatable bonds is 8. The van der Waals surface area contributed by atoms with Crippen molar-refractivity contribution in [2.75, 3.05) is 6.61 Å². The van der Waals surface area contributed by atoms with Gasteiger partial charge in [-0.1, -0.05) is 75.7 Å². The number of ether oxygens (including phenoxy) is 1. The SMILES string of the molecule is CCCC(=NNC(=O)COc1ccccc1C(C)C)c1ccccc1. The Balaban J connectivity index is 1.97. The summed E-state index contributed by atoms with van der Waals surface area (Å²) in [6.45, 7) is 6.24. The molecule has 1 N–H and O–H groups in total. The molecule has 0 fully saturated rings. The molecule has 0 unspecified atom stereocenters. The van der Waals surface area contributed by atoms with Gasteiger partial charge in [0, 0.05) is 0 Å². The zero-order chi connectivity index (χ0) is 18.1. The van der Waals surface area contributed by atoms with Crippen LogP contribution in [-0.2, 0) is 4.79 Å². The smallest absolute Gasteiger partial charge is 0.277 e. The fourth-order valence-corrected chi connectivity index (χ4v) is 2.53. The molecule has 0 saturated heterocycles. The number of nitrogens with one attached hydrogen (secondary N) is 1. The average Bonchev–Trinajstić information content (AvgIpc) is 2.64. The number of benzene rings is 2. The van der Waals surface area contributed by atoms with Gasteiger partial charge in [0.25, 0.3) is 5.91 Å². The zero-order valence-corrected chi connectivity index (χ0v) is 15.2. The Bertz CT molecular complexity index is 709. The van der Waals surface area contributed by atoms with E-state index in [1.807, 2.05) is 54.6 Å². The quantitative estimate of drug-likeness (QED) is 0.569. The van der Waals surface area contributed by atoms with Gasteiger partial charge in [0.05, 0.1) is 5.71 Å². The summed E-state index contributed by atoms with van der Waals surface area (Å²) in [5.74, 6) is 0.822. The predicted molar refractivity (Wildman–Crippen MR) is 102 cm³/mol. The number of para-hydroxylation sites is 1. The van der Waals surface area contributed by atoms with Gasteiger partial charge in [0.2, 0.25) is 0 Å². The first-order chi connectivity index (χ1) is 12.1. The zero-order valence-electron chi connectivity index (χ0n) is 15.2. The van der Waals surface area contributed by atoms with Crippen LogP contribution in [0.4, 0.5) is 0 Å². The van der Waals surface area contributed by atoms with Crippen LogP contribution >= 0.6 is 0 Å². The Kier molecular flexibility index (Phi) is 7.20. The second-order valence-corrected chi connectivity index (χ2v) is 6.19. The van der Waals surface area contributed by atoms with Crippen molar-refractivity contribution in [2.45, 2.75) is 39.5 Å². The molecule has 0 radical (unpaired) electrons. The van der Waals surface area contributed by atoms with Crippen LogP contribution in [0.2, 0.25) is 0 Å². The lowest BCUT2D eigenvalue weighted by Gasteiger charge is -2.13. The molecule has 0 heterocycles. The highest BCUT2D eigenvalue weighted by atomic mass is 16.5. The second kappa shape index (κ2) is 9.62. The maximum Gasteiger partial charge on any atom is 0.277 e. The lowest BCUT2D eigenvalue weighted by Crippen LogP contribution is -2.26. The minimum Gasteiger partial charge on any atom is -0.483 e. The Morgan fingerprint density at radius 2 is 1.76 bits per heavy atom. The average molecular weight is 338 g/mol. The molecule has 0 spiro atoms. The molecule has 1 amide bonds. The summed E-state index contributed by atoms with van der Waals surface area (Å²) < 4.78 is 5.68. The van der Waals surface area contributed by atoms with E-state index in [1.165, 1.54) is 0 Å². The van der Waals surface area contributed by atoms with Gasteiger partial charge in [0.1, 0.15) is 5.75 Å². The molecule has 0 saturated carbocycles. The second-order valence-electron chi connectivity index (χ2n) is 6.19. The maximum atomic E-state index is 12.1. The first-order valence-corrected chi connectivity index (χ1v) is 8.74.